The van der Waals surface area contributed by atoms with Crippen LogP contribution in [0.3, 0.4) is 0 Å². The minimum Gasteiger partial charge on any atom is -0.398 e. The Hall–Kier alpha value is -1.18. The first-order valence-corrected chi connectivity index (χ1v) is 4.35. The number of anilines is 2. The molecule has 66 valence electrons. The van der Waals surface area contributed by atoms with E-state index in [1.807, 2.05) is 12.1 Å². The average Bonchev–Trinajstić information content (AvgIpc) is 2.08. The Labute approximate surface area is 73.6 Å². The molecule has 2 heteroatoms. The Balaban J connectivity index is 3.16. The summed E-state index contributed by atoms with van der Waals surface area (Å²) in [6.45, 7) is 4.16. The van der Waals surface area contributed by atoms with Crippen molar-refractivity contribution in [3.05, 3.63) is 23.3 Å². The zero-order chi connectivity index (χ0) is 9.14. The highest BCUT2D eigenvalue weighted by atomic mass is 14.6. The predicted molar refractivity (Wildman–Crippen MR) is 54.0 cm³/mol. The van der Waals surface area contributed by atoms with Crippen LogP contribution in [0.25, 0.3) is 0 Å². The Morgan fingerprint density at radius 1 is 0.917 bits per heavy atom. The summed E-state index contributed by atoms with van der Waals surface area (Å²) in [5.74, 6) is 0. The van der Waals surface area contributed by atoms with Gasteiger partial charge in [0.2, 0.25) is 0 Å². The summed E-state index contributed by atoms with van der Waals surface area (Å²) in [5, 5.41) is 0. The van der Waals surface area contributed by atoms with Gasteiger partial charge < -0.3 is 11.5 Å². The predicted octanol–water partition coefficient (Wildman–Crippen LogP) is 1.98. The average molecular weight is 164 g/mol. The fourth-order valence-electron chi connectivity index (χ4n) is 1.34. The summed E-state index contributed by atoms with van der Waals surface area (Å²) in [4.78, 5) is 0. The van der Waals surface area contributed by atoms with Gasteiger partial charge in [-0.1, -0.05) is 13.8 Å². The number of rotatable bonds is 2. The van der Waals surface area contributed by atoms with Crippen molar-refractivity contribution in [1.29, 1.82) is 0 Å². The van der Waals surface area contributed by atoms with Crippen molar-refractivity contribution in [1.82, 2.24) is 0 Å². The van der Waals surface area contributed by atoms with Crippen LogP contribution in [-0.4, -0.2) is 0 Å². The van der Waals surface area contributed by atoms with Crippen molar-refractivity contribution in [3.63, 3.8) is 0 Å². The van der Waals surface area contributed by atoms with Crippen LogP contribution in [0.1, 0.15) is 25.0 Å². The summed E-state index contributed by atoms with van der Waals surface area (Å²) >= 11 is 0. The molecule has 1 aromatic carbocycles. The molecule has 0 heterocycles. The van der Waals surface area contributed by atoms with Crippen molar-refractivity contribution in [2.24, 2.45) is 0 Å². The van der Waals surface area contributed by atoms with Crippen LogP contribution in [-0.2, 0) is 12.8 Å². The first-order chi connectivity index (χ1) is 5.69. The van der Waals surface area contributed by atoms with E-state index in [0.29, 0.717) is 0 Å². The minimum atomic E-state index is 0.864. The van der Waals surface area contributed by atoms with Crippen LogP contribution >= 0.6 is 0 Å². The van der Waals surface area contributed by atoms with Crippen molar-refractivity contribution in [2.75, 3.05) is 11.5 Å². The maximum Gasteiger partial charge on any atom is 0.0350 e. The third-order valence-electron chi connectivity index (χ3n) is 2.16. The first kappa shape index (κ1) is 8.91. The van der Waals surface area contributed by atoms with E-state index in [2.05, 4.69) is 13.8 Å². The molecule has 0 fully saturated rings. The highest BCUT2D eigenvalue weighted by Gasteiger charge is 2.02. The molecule has 0 aliphatic rings. The number of hydrogen-bond acceptors (Lipinski definition) is 2. The lowest BCUT2D eigenvalue weighted by Crippen LogP contribution is -1.99. The van der Waals surface area contributed by atoms with Crippen molar-refractivity contribution in [2.45, 2.75) is 26.7 Å². The zero-order valence-corrected chi connectivity index (χ0v) is 7.72. The van der Waals surface area contributed by atoms with E-state index < -0.39 is 0 Å². The molecule has 1 aromatic rings. The van der Waals surface area contributed by atoms with E-state index in [1.54, 1.807) is 0 Å². The molecule has 0 radical (unpaired) electrons. The van der Waals surface area contributed by atoms with Gasteiger partial charge in [-0.05, 0) is 36.1 Å². The first-order valence-electron chi connectivity index (χ1n) is 4.35. The van der Waals surface area contributed by atoms with Crippen LogP contribution in [0.15, 0.2) is 12.1 Å². The second kappa shape index (κ2) is 3.48. The van der Waals surface area contributed by atoms with E-state index in [-0.39, 0.29) is 0 Å². The van der Waals surface area contributed by atoms with Crippen LogP contribution in [0, 0.1) is 0 Å². The molecule has 0 aromatic heterocycles. The third-order valence-corrected chi connectivity index (χ3v) is 2.16. The van der Waals surface area contributed by atoms with Gasteiger partial charge in [0.1, 0.15) is 0 Å². The summed E-state index contributed by atoms with van der Waals surface area (Å²) in [7, 11) is 0. The number of nitrogens with two attached hydrogens (primary N) is 2. The fourth-order valence-corrected chi connectivity index (χ4v) is 1.34. The molecule has 0 saturated heterocycles. The molecule has 1 rings (SSSR count). The SMILES string of the molecule is CCc1cc(N)c(CC)cc1N. The maximum atomic E-state index is 5.82. The van der Waals surface area contributed by atoms with Gasteiger partial charge in [0.05, 0.1) is 0 Å². The largest absolute Gasteiger partial charge is 0.398 e. The van der Waals surface area contributed by atoms with Crippen molar-refractivity contribution in [3.8, 4) is 0 Å². The molecule has 0 aliphatic carbocycles. The van der Waals surface area contributed by atoms with Gasteiger partial charge in [0.25, 0.3) is 0 Å². The Morgan fingerprint density at radius 3 is 1.50 bits per heavy atom. The van der Waals surface area contributed by atoms with Gasteiger partial charge in [0.15, 0.2) is 0 Å². The number of nitrogen functional groups attached to an aromatic ring is 2. The van der Waals surface area contributed by atoms with Crippen LogP contribution in [0.2, 0.25) is 0 Å². The molecule has 0 atom stereocenters. The number of aryl methyl sites for hydroxylation is 2. The van der Waals surface area contributed by atoms with E-state index >= 15 is 0 Å². The second-order valence-corrected chi connectivity index (χ2v) is 2.96. The molecule has 4 N–H and O–H groups in total. The molecular formula is C10H16N2. The summed E-state index contributed by atoms with van der Waals surface area (Å²) in [5.41, 5.74) is 15.7. The summed E-state index contributed by atoms with van der Waals surface area (Å²) in [6.07, 6.45) is 1.89. The summed E-state index contributed by atoms with van der Waals surface area (Å²) in [6, 6.07) is 3.96. The highest BCUT2D eigenvalue weighted by molar-refractivity contribution is 5.60. The lowest BCUT2D eigenvalue weighted by molar-refractivity contribution is 1.11. The standard InChI is InChI=1S/C10H16N2/c1-3-7-5-10(12)8(4-2)6-9(7)11/h5-6H,3-4,11-12H2,1-2H3. The van der Waals surface area contributed by atoms with Gasteiger partial charge in [-0.15, -0.1) is 0 Å². The normalized spacial score (nSPS) is 10.2. The smallest absolute Gasteiger partial charge is 0.0350 e. The third kappa shape index (κ3) is 1.52. The maximum absolute atomic E-state index is 5.82. The lowest BCUT2D eigenvalue weighted by Gasteiger charge is -2.08. The molecule has 0 amide bonds. The quantitative estimate of drug-likeness (QED) is 0.657. The molecule has 0 aliphatic heterocycles. The van der Waals surface area contributed by atoms with Gasteiger partial charge in [0, 0.05) is 11.4 Å². The van der Waals surface area contributed by atoms with Gasteiger partial charge in [-0.3, -0.25) is 0 Å². The summed E-state index contributed by atoms with van der Waals surface area (Å²) < 4.78 is 0. The molecule has 2 nitrogen and oxygen atoms in total. The minimum absolute atomic E-state index is 0.864. The van der Waals surface area contributed by atoms with Gasteiger partial charge in [-0.25, -0.2) is 0 Å². The number of hydrogen-bond donors (Lipinski definition) is 2. The van der Waals surface area contributed by atoms with Gasteiger partial charge in [-0.2, -0.15) is 0 Å². The van der Waals surface area contributed by atoms with E-state index in [0.717, 1.165) is 35.3 Å². The molecule has 0 saturated carbocycles. The topological polar surface area (TPSA) is 52.0 Å². The zero-order valence-electron chi connectivity index (χ0n) is 7.72. The Kier molecular flexibility index (Phi) is 2.58. The lowest BCUT2D eigenvalue weighted by atomic mass is 10.0. The van der Waals surface area contributed by atoms with Crippen LogP contribution in [0.4, 0.5) is 11.4 Å². The molecule has 0 bridgehead atoms. The highest BCUT2D eigenvalue weighted by Crippen LogP contribution is 2.21. The van der Waals surface area contributed by atoms with E-state index in [4.69, 9.17) is 11.5 Å². The fraction of sp³-hybridized carbons (Fsp3) is 0.400. The number of benzene rings is 1. The van der Waals surface area contributed by atoms with Gasteiger partial charge >= 0.3 is 0 Å². The van der Waals surface area contributed by atoms with Crippen molar-refractivity contribution < 1.29 is 0 Å². The second-order valence-electron chi connectivity index (χ2n) is 2.96. The van der Waals surface area contributed by atoms with Crippen molar-refractivity contribution >= 4 is 11.4 Å². The monoisotopic (exact) mass is 164 g/mol. The molecular weight excluding hydrogens is 148 g/mol. The molecule has 0 spiro atoms. The Bertz CT molecular complexity index is 250. The van der Waals surface area contributed by atoms with Crippen LogP contribution < -0.4 is 11.5 Å². The molecule has 12 heavy (non-hydrogen) atoms. The Morgan fingerprint density at radius 2 is 1.25 bits per heavy atom. The molecule has 0 unspecified atom stereocenters. The van der Waals surface area contributed by atoms with E-state index in [1.165, 1.54) is 0 Å². The van der Waals surface area contributed by atoms with Crippen LogP contribution in [0.5, 0.6) is 0 Å². The van der Waals surface area contributed by atoms with E-state index in [9.17, 15) is 0 Å².